The number of hydrogen-bond acceptors (Lipinski definition) is 0. The highest BCUT2D eigenvalue weighted by Crippen LogP contribution is 2.47. The summed E-state index contributed by atoms with van der Waals surface area (Å²) in [5, 5.41) is 0.143. The molecule has 0 saturated heterocycles. The first kappa shape index (κ1) is 10.6. The van der Waals surface area contributed by atoms with Crippen LogP contribution in [0, 0.1) is 11.8 Å². The van der Waals surface area contributed by atoms with Gasteiger partial charge >= 0.3 is 0 Å². The molecule has 0 aromatic carbocycles. The lowest BCUT2D eigenvalue weighted by molar-refractivity contribution is 0.282. The van der Waals surface area contributed by atoms with E-state index in [0.717, 1.165) is 11.8 Å². The zero-order chi connectivity index (χ0) is 10.0. The van der Waals surface area contributed by atoms with Crippen LogP contribution in [0.3, 0.4) is 0 Å². The predicted octanol–water partition coefficient (Wildman–Crippen LogP) is 4.10. The average Bonchev–Trinajstić information content (AvgIpc) is 2.36. The molecule has 3 atom stereocenters. The molecule has 2 aliphatic carbocycles. The first-order valence-corrected chi connectivity index (χ1v) is 6.46. The van der Waals surface area contributed by atoms with Crippen LogP contribution in [0.1, 0.15) is 64.7 Å². The van der Waals surface area contributed by atoms with Gasteiger partial charge in [0, 0.05) is 0 Å². The van der Waals surface area contributed by atoms with Crippen molar-refractivity contribution in [3.8, 4) is 0 Å². The molecule has 78 valence electrons. The molecule has 2 radical (unpaired) electrons. The summed E-state index contributed by atoms with van der Waals surface area (Å²) < 4.78 is 0. The highest BCUT2D eigenvalue weighted by atomic mass is 14.4. The summed E-state index contributed by atoms with van der Waals surface area (Å²) in [4.78, 5) is 0. The molecule has 0 aromatic rings. The van der Waals surface area contributed by atoms with E-state index in [1.165, 1.54) is 57.8 Å². The normalized spacial score (nSPS) is 44.9. The minimum atomic E-state index is 0.143. The fourth-order valence-corrected chi connectivity index (χ4v) is 3.58. The number of hydrogen-bond donors (Lipinski definition) is 0. The minimum absolute atomic E-state index is 0.143. The third kappa shape index (κ3) is 2.55. The molecule has 2 aliphatic rings. The molecular formula is C13H23B. The molecule has 14 heavy (non-hydrogen) atoms. The van der Waals surface area contributed by atoms with E-state index in [1.54, 1.807) is 0 Å². The molecule has 0 aliphatic heterocycles. The van der Waals surface area contributed by atoms with Crippen LogP contribution in [0.15, 0.2) is 0 Å². The first-order chi connectivity index (χ1) is 6.67. The fourth-order valence-electron chi connectivity index (χ4n) is 3.58. The zero-order valence-electron chi connectivity index (χ0n) is 9.60. The van der Waals surface area contributed by atoms with Crippen LogP contribution < -0.4 is 0 Å². The maximum Gasteiger partial charge on any atom is 0.0742 e. The van der Waals surface area contributed by atoms with Crippen LogP contribution in [-0.4, -0.2) is 7.85 Å². The maximum atomic E-state index is 6.34. The van der Waals surface area contributed by atoms with Gasteiger partial charge in [0.15, 0.2) is 0 Å². The van der Waals surface area contributed by atoms with Crippen molar-refractivity contribution in [1.29, 1.82) is 0 Å². The van der Waals surface area contributed by atoms with Crippen molar-refractivity contribution in [2.75, 3.05) is 0 Å². The monoisotopic (exact) mass is 190 g/mol. The smallest absolute Gasteiger partial charge is 0.0686 e. The molecule has 0 heterocycles. The first-order valence-electron chi connectivity index (χ1n) is 6.46. The van der Waals surface area contributed by atoms with E-state index in [4.69, 9.17) is 7.85 Å². The predicted molar refractivity (Wildman–Crippen MR) is 62.7 cm³/mol. The van der Waals surface area contributed by atoms with Gasteiger partial charge in [0.1, 0.15) is 0 Å². The Morgan fingerprint density at radius 2 is 1.57 bits per heavy atom. The fraction of sp³-hybridized carbons (Fsp3) is 1.00. The largest absolute Gasteiger partial charge is 0.0742 e. The topological polar surface area (TPSA) is 0 Å². The Morgan fingerprint density at radius 1 is 0.929 bits per heavy atom. The van der Waals surface area contributed by atoms with E-state index in [2.05, 4.69) is 6.92 Å². The average molecular weight is 190 g/mol. The molecule has 0 bridgehead atoms. The van der Waals surface area contributed by atoms with E-state index in [9.17, 15) is 0 Å². The summed E-state index contributed by atoms with van der Waals surface area (Å²) >= 11 is 0. The van der Waals surface area contributed by atoms with Crippen molar-refractivity contribution in [1.82, 2.24) is 0 Å². The van der Waals surface area contributed by atoms with Crippen molar-refractivity contribution in [3.05, 3.63) is 0 Å². The summed E-state index contributed by atoms with van der Waals surface area (Å²) in [6.07, 6.45) is 12.7. The summed E-state index contributed by atoms with van der Waals surface area (Å²) in [5.41, 5.74) is 0. The second-order valence-corrected chi connectivity index (χ2v) is 5.91. The molecule has 3 unspecified atom stereocenters. The second-order valence-electron chi connectivity index (χ2n) is 5.91. The van der Waals surface area contributed by atoms with Gasteiger partial charge in [-0.15, -0.1) is 0 Å². The van der Waals surface area contributed by atoms with Gasteiger partial charge in [0.2, 0.25) is 0 Å². The molecule has 1 heteroatoms. The van der Waals surface area contributed by atoms with Gasteiger partial charge in [-0.25, -0.2) is 0 Å². The molecule has 0 spiro atoms. The zero-order valence-corrected chi connectivity index (χ0v) is 9.60. The van der Waals surface area contributed by atoms with Crippen molar-refractivity contribution in [2.45, 2.75) is 70.0 Å². The van der Waals surface area contributed by atoms with Gasteiger partial charge in [-0.2, -0.15) is 0 Å². The Morgan fingerprint density at radius 3 is 2.36 bits per heavy atom. The van der Waals surface area contributed by atoms with Crippen LogP contribution in [0.25, 0.3) is 0 Å². The third-order valence-corrected chi connectivity index (χ3v) is 4.37. The van der Waals surface area contributed by atoms with Crippen molar-refractivity contribution in [2.24, 2.45) is 11.8 Å². The Hall–Kier alpha value is 0.0649. The Bertz CT molecular complexity index is 186. The van der Waals surface area contributed by atoms with Gasteiger partial charge in [-0.1, -0.05) is 70.0 Å². The Balaban J connectivity index is 2.04. The highest BCUT2D eigenvalue weighted by molar-refractivity contribution is 6.14. The lowest BCUT2D eigenvalue weighted by Gasteiger charge is -2.29. The van der Waals surface area contributed by atoms with E-state index in [0.29, 0.717) is 0 Å². The molecule has 0 aromatic heterocycles. The van der Waals surface area contributed by atoms with Gasteiger partial charge in [0.05, 0.1) is 7.85 Å². The standard InChI is InChI=1S/C13H23B/c1-13(14)9-5-8-11-6-3-2-4-7-12(11)10-13/h11-12H,2-10H2,1H3. The lowest BCUT2D eigenvalue weighted by Crippen LogP contribution is -2.16. The molecule has 0 N–H and O–H groups in total. The molecule has 2 fully saturated rings. The molecule has 0 nitrogen and oxygen atoms in total. The maximum absolute atomic E-state index is 6.34. The Kier molecular flexibility index (Phi) is 3.24. The number of rotatable bonds is 0. The van der Waals surface area contributed by atoms with E-state index >= 15 is 0 Å². The van der Waals surface area contributed by atoms with Crippen LogP contribution in [0.5, 0.6) is 0 Å². The van der Waals surface area contributed by atoms with Gasteiger partial charge in [-0.05, 0) is 11.8 Å². The van der Waals surface area contributed by atoms with E-state index in [1.807, 2.05) is 0 Å². The Labute approximate surface area is 90.3 Å². The second kappa shape index (κ2) is 4.29. The van der Waals surface area contributed by atoms with Crippen LogP contribution in [0.4, 0.5) is 0 Å². The quantitative estimate of drug-likeness (QED) is 0.504. The highest BCUT2D eigenvalue weighted by Gasteiger charge is 2.32. The number of fused-ring (bicyclic) bond motifs is 1. The molecule has 0 amide bonds. The molecular weight excluding hydrogens is 167 g/mol. The van der Waals surface area contributed by atoms with E-state index in [-0.39, 0.29) is 5.31 Å². The summed E-state index contributed by atoms with van der Waals surface area (Å²) in [6, 6.07) is 0. The summed E-state index contributed by atoms with van der Waals surface area (Å²) in [5.74, 6) is 1.97. The van der Waals surface area contributed by atoms with Crippen molar-refractivity contribution in [3.63, 3.8) is 0 Å². The van der Waals surface area contributed by atoms with Crippen molar-refractivity contribution < 1.29 is 0 Å². The van der Waals surface area contributed by atoms with Crippen LogP contribution >= 0.6 is 0 Å². The van der Waals surface area contributed by atoms with Gasteiger partial charge < -0.3 is 0 Å². The third-order valence-electron chi connectivity index (χ3n) is 4.37. The minimum Gasteiger partial charge on any atom is -0.0686 e. The van der Waals surface area contributed by atoms with Gasteiger partial charge in [0.25, 0.3) is 0 Å². The lowest BCUT2D eigenvalue weighted by atomic mass is 9.63. The van der Waals surface area contributed by atoms with Gasteiger partial charge in [-0.3, -0.25) is 0 Å². The molecule has 2 saturated carbocycles. The summed E-state index contributed by atoms with van der Waals surface area (Å²) in [7, 11) is 6.34. The van der Waals surface area contributed by atoms with Crippen molar-refractivity contribution >= 4 is 7.85 Å². The van der Waals surface area contributed by atoms with E-state index < -0.39 is 0 Å². The van der Waals surface area contributed by atoms with Crippen LogP contribution in [0.2, 0.25) is 5.31 Å². The SMILES string of the molecule is [B]C1(C)CCCC2CCCCCC2C1. The van der Waals surface area contributed by atoms with Crippen LogP contribution in [-0.2, 0) is 0 Å². The summed E-state index contributed by atoms with van der Waals surface area (Å²) in [6.45, 7) is 2.26. The molecule has 2 rings (SSSR count).